The van der Waals surface area contributed by atoms with Crippen LogP contribution in [0.15, 0.2) is 70.9 Å². The molecule has 2 atom stereocenters. The van der Waals surface area contributed by atoms with Gasteiger partial charge in [0.05, 0.1) is 0 Å². The van der Waals surface area contributed by atoms with Crippen LogP contribution in [0.4, 0.5) is 0 Å². The van der Waals surface area contributed by atoms with Gasteiger partial charge in [-0.1, -0.05) is 0 Å². The Morgan fingerprint density at radius 2 is 0.920 bits per heavy atom. The molecule has 0 radical (unpaired) electrons. The second-order valence-corrected chi connectivity index (χ2v) is 11.7. The monoisotopic (exact) mass is 400 g/mol. The molecule has 1 heterocycles. The molecule has 0 saturated heterocycles. The third-order valence-electron chi connectivity index (χ3n) is 4.99. The molecule has 3 rings (SSSR count). The van der Waals surface area contributed by atoms with Crippen LogP contribution in [0.5, 0.6) is 0 Å². The van der Waals surface area contributed by atoms with Gasteiger partial charge in [-0.25, -0.2) is 0 Å². The van der Waals surface area contributed by atoms with Crippen LogP contribution < -0.4 is 0 Å². The Morgan fingerprint density at radius 3 is 1.20 bits per heavy atom. The van der Waals surface area contributed by atoms with Gasteiger partial charge in [0.2, 0.25) is 0 Å². The topological polar surface area (TPSA) is 24.7 Å². The van der Waals surface area contributed by atoms with E-state index >= 15 is 0 Å². The number of rotatable bonds is 2. The minimum atomic E-state index is -0.260. The number of benzene rings is 2. The minimum absolute atomic E-state index is 0.000363. The van der Waals surface area contributed by atoms with E-state index in [9.17, 15) is 0 Å². The molecule has 0 bridgehead atoms. The molecule has 2 aromatic rings. The molecule has 132 valence electrons. The normalized spacial score (nSPS) is 26.8. The van der Waals surface area contributed by atoms with Crippen molar-refractivity contribution in [1.29, 1.82) is 0 Å². The van der Waals surface area contributed by atoms with E-state index < -0.39 is 0 Å². The summed E-state index contributed by atoms with van der Waals surface area (Å²) in [6.45, 7) is 13.8. The summed E-state index contributed by atoms with van der Waals surface area (Å²) in [5, 5.41) is 10.1. The molecule has 3 heteroatoms. The Morgan fingerprint density at radius 1 is 0.600 bits per heavy atom. The van der Waals surface area contributed by atoms with Crippen molar-refractivity contribution in [3.63, 3.8) is 0 Å². The summed E-state index contributed by atoms with van der Waals surface area (Å²) >= 11 is 0.138. The second-order valence-electron chi connectivity index (χ2n) is 8.82. The first-order valence-electron chi connectivity index (χ1n) is 8.88. The van der Waals surface area contributed by atoms with Crippen molar-refractivity contribution >= 4 is 15.0 Å². The summed E-state index contributed by atoms with van der Waals surface area (Å²) in [6.07, 6.45) is 0. The molecular weight excluding hydrogens is 371 g/mol. The maximum absolute atomic E-state index is 5.06. The summed E-state index contributed by atoms with van der Waals surface area (Å²) < 4.78 is -0.519. The second kappa shape index (κ2) is 6.07. The standard InChI is InChI=1S/C22H28N2Se/c1-19(2,3)21(17-13-9-7-10-14-17)23-24-22(25-21,20(4,5)6)18-15-11-8-12-16-18/h7-16H,1-6H3/t21-,22-/m1/s1. The van der Waals surface area contributed by atoms with Crippen LogP contribution in [-0.4, -0.2) is 15.0 Å². The molecule has 0 fully saturated rings. The Balaban J connectivity index is 2.20. The SMILES string of the molecule is CC(C)(C)[C@]1(c2ccccc2)N=N[C@@](c2ccccc2)(C(C)(C)C)[Se]1. The third kappa shape index (κ3) is 2.88. The Labute approximate surface area is 158 Å². The van der Waals surface area contributed by atoms with Crippen molar-refractivity contribution in [2.24, 2.45) is 21.1 Å². The summed E-state index contributed by atoms with van der Waals surface area (Å²) in [7, 11) is 0. The van der Waals surface area contributed by atoms with Gasteiger partial charge in [0.25, 0.3) is 0 Å². The van der Waals surface area contributed by atoms with E-state index in [4.69, 9.17) is 10.2 Å². The molecule has 2 aromatic carbocycles. The van der Waals surface area contributed by atoms with Crippen LogP contribution in [-0.2, 0) is 8.87 Å². The quantitative estimate of drug-likeness (QED) is 0.557. The molecule has 0 saturated carbocycles. The van der Waals surface area contributed by atoms with E-state index in [1.54, 1.807) is 0 Å². The van der Waals surface area contributed by atoms with Gasteiger partial charge in [-0.3, -0.25) is 0 Å². The summed E-state index contributed by atoms with van der Waals surface area (Å²) in [4.78, 5) is 0. The zero-order valence-electron chi connectivity index (χ0n) is 16.1. The Hall–Kier alpha value is -1.44. The van der Waals surface area contributed by atoms with Gasteiger partial charge in [0.1, 0.15) is 0 Å². The van der Waals surface area contributed by atoms with Crippen molar-refractivity contribution in [3.05, 3.63) is 71.8 Å². The first kappa shape index (κ1) is 18.4. The van der Waals surface area contributed by atoms with Gasteiger partial charge in [-0.05, 0) is 0 Å². The summed E-state index contributed by atoms with van der Waals surface area (Å²) in [5.41, 5.74) is 2.57. The first-order chi connectivity index (χ1) is 11.6. The molecule has 0 unspecified atom stereocenters. The summed E-state index contributed by atoms with van der Waals surface area (Å²) in [6, 6.07) is 21.5. The molecular formula is C22H28N2Se. The average molecular weight is 399 g/mol. The van der Waals surface area contributed by atoms with Crippen LogP contribution in [0.2, 0.25) is 0 Å². The van der Waals surface area contributed by atoms with Gasteiger partial charge in [-0.2, -0.15) is 0 Å². The van der Waals surface area contributed by atoms with Gasteiger partial charge < -0.3 is 0 Å². The molecule has 1 aliphatic heterocycles. The van der Waals surface area contributed by atoms with Crippen LogP contribution >= 0.6 is 0 Å². The third-order valence-corrected chi connectivity index (χ3v) is 10.1. The maximum atomic E-state index is 5.06. The van der Waals surface area contributed by atoms with E-state index in [0.29, 0.717) is 0 Å². The zero-order valence-corrected chi connectivity index (χ0v) is 17.8. The van der Waals surface area contributed by atoms with Gasteiger partial charge >= 0.3 is 158 Å². The van der Waals surface area contributed by atoms with E-state index in [1.165, 1.54) is 11.1 Å². The molecule has 0 spiro atoms. The molecule has 1 aliphatic rings. The van der Waals surface area contributed by atoms with E-state index in [1.807, 2.05) is 0 Å². The zero-order chi connectivity index (χ0) is 18.3. The van der Waals surface area contributed by atoms with Crippen LogP contribution in [0.1, 0.15) is 52.7 Å². The van der Waals surface area contributed by atoms with Crippen molar-refractivity contribution < 1.29 is 0 Å². The van der Waals surface area contributed by atoms with Crippen molar-refractivity contribution in [3.8, 4) is 0 Å². The van der Waals surface area contributed by atoms with Gasteiger partial charge in [0.15, 0.2) is 0 Å². The van der Waals surface area contributed by atoms with Crippen molar-refractivity contribution in [2.75, 3.05) is 0 Å². The fourth-order valence-corrected chi connectivity index (χ4v) is 7.02. The van der Waals surface area contributed by atoms with Crippen molar-refractivity contribution in [2.45, 2.75) is 50.4 Å². The molecule has 0 aromatic heterocycles. The van der Waals surface area contributed by atoms with Crippen LogP contribution in [0, 0.1) is 10.8 Å². The fraction of sp³-hybridized carbons (Fsp3) is 0.455. The predicted octanol–water partition coefficient (Wildman–Crippen LogP) is 5.95. The predicted molar refractivity (Wildman–Crippen MR) is 106 cm³/mol. The molecule has 0 aliphatic carbocycles. The number of hydrogen-bond donors (Lipinski definition) is 0. The van der Waals surface area contributed by atoms with E-state index in [2.05, 4.69) is 102 Å². The molecule has 2 nitrogen and oxygen atoms in total. The van der Waals surface area contributed by atoms with Crippen LogP contribution in [0.25, 0.3) is 0 Å². The van der Waals surface area contributed by atoms with Crippen LogP contribution in [0.3, 0.4) is 0 Å². The van der Waals surface area contributed by atoms with Crippen molar-refractivity contribution in [1.82, 2.24) is 0 Å². The molecule has 25 heavy (non-hydrogen) atoms. The van der Waals surface area contributed by atoms with Gasteiger partial charge in [-0.15, -0.1) is 0 Å². The number of azo groups is 1. The first-order valence-corrected chi connectivity index (χ1v) is 10.6. The fourth-order valence-electron chi connectivity index (χ4n) is 3.43. The average Bonchev–Trinajstić information content (AvgIpc) is 3.00. The number of hydrogen-bond acceptors (Lipinski definition) is 2. The van der Waals surface area contributed by atoms with E-state index in [0.717, 1.165) is 0 Å². The summed E-state index contributed by atoms with van der Waals surface area (Å²) in [5.74, 6) is 0. The number of nitrogens with zero attached hydrogens (tertiary/aromatic N) is 2. The Kier molecular flexibility index (Phi) is 4.46. The van der Waals surface area contributed by atoms with E-state index in [-0.39, 0.29) is 34.7 Å². The Bertz CT molecular complexity index is 691. The molecule has 0 amide bonds. The van der Waals surface area contributed by atoms with Gasteiger partial charge in [0, 0.05) is 0 Å². The molecule has 0 N–H and O–H groups in total.